The Labute approximate surface area is 147 Å². The predicted molar refractivity (Wildman–Crippen MR) is 98.6 cm³/mol. The number of nitrogens with one attached hydrogen (secondary N) is 1. The highest BCUT2D eigenvalue weighted by Gasteiger charge is 2.13. The first-order chi connectivity index (χ1) is 10.7. The Morgan fingerprint density at radius 2 is 1.57 bits per heavy atom. The van der Waals surface area contributed by atoms with Crippen LogP contribution in [0.1, 0.15) is 38.3 Å². The number of rotatable bonds is 4. The minimum Gasteiger partial charge on any atom is -0.326 e. The molecule has 0 heterocycles. The number of amides is 1. The van der Waals surface area contributed by atoms with Crippen LogP contribution in [0.5, 0.6) is 0 Å². The summed E-state index contributed by atoms with van der Waals surface area (Å²) >= 11 is 11.8. The number of carbonyl (C=O) groups excluding carboxylic acids is 1. The molecule has 0 aliphatic carbocycles. The van der Waals surface area contributed by atoms with E-state index in [9.17, 15) is 4.79 Å². The highest BCUT2D eigenvalue weighted by molar-refractivity contribution is 6.35. The molecule has 23 heavy (non-hydrogen) atoms. The van der Waals surface area contributed by atoms with Crippen molar-refractivity contribution < 1.29 is 4.79 Å². The molecule has 4 heteroatoms. The molecule has 1 N–H and O–H groups in total. The maximum atomic E-state index is 12.0. The lowest BCUT2D eigenvalue weighted by Gasteiger charge is -2.19. The van der Waals surface area contributed by atoms with Crippen molar-refractivity contribution in [2.75, 3.05) is 5.32 Å². The minimum absolute atomic E-state index is 0.0526. The lowest BCUT2D eigenvalue weighted by atomic mass is 9.86. The standard InChI is InChI=1S/C19H21Cl2NO/c1-19(2,3)14-7-4-13(5-8-14)6-9-18(23)22-17-11-15(20)10-16(21)12-17/h4-5,7-8,10-12H,6,9H2,1-3H3,(H,22,23). The van der Waals surface area contributed by atoms with Crippen molar-refractivity contribution in [2.45, 2.75) is 39.0 Å². The molecule has 2 aromatic rings. The first-order valence-corrected chi connectivity index (χ1v) is 8.35. The lowest BCUT2D eigenvalue weighted by Crippen LogP contribution is -2.13. The van der Waals surface area contributed by atoms with Gasteiger partial charge in [0.15, 0.2) is 0 Å². The quantitative estimate of drug-likeness (QED) is 0.735. The van der Waals surface area contributed by atoms with Crippen LogP contribution >= 0.6 is 23.2 Å². The van der Waals surface area contributed by atoms with E-state index in [-0.39, 0.29) is 11.3 Å². The van der Waals surface area contributed by atoms with Gasteiger partial charge in [0.25, 0.3) is 0 Å². The van der Waals surface area contributed by atoms with Crippen molar-refractivity contribution in [1.82, 2.24) is 0 Å². The van der Waals surface area contributed by atoms with Gasteiger partial charge >= 0.3 is 0 Å². The molecular weight excluding hydrogens is 329 g/mol. The molecule has 2 rings (SSSR count). The molecule has 0 aliphatic rings. The average Bonchev–Trinajstić information content (AvgIpc) is 2.43. The Balaban J connectivity index is 1.91. The van der Waals surface area contributed by atoms with Gasteiger partial charge in [0, 0.05) is 22.2 Å². The minimum atomic E-state index is -0.0526. The molecule has 122 valence electrons. The summed E-state index contributed by atoms with van der Waals surface area (Å²) in [6.07, 6.45) is 1.11. The Hall–Kier alpha value is -1.51. The molecule has 0 radical (unpaired) electrons. The first kappa shape index (κ1) is 17.8. The number of hydrogen-bond donors (Lipinski definition) is 1. The molecule has 0 saturated carbocycles. The summed E-state index contributed by atoms with van der Waals surface area (Å²) in [5.74, 6) is -0.0526. The van der Waals surface area contributed by atoms with Crippen LogP contribution in [0.4, 0.5) is 5.69 Å². The Kier molecular flexibility index (Phi) is 5.72. The summed E-state index contributed by atoms with van der Waals surface area (Å²) in [7, 11) is 0. The first-order valence-electron chi connectivity index (χ1n) is 7.59. The molecule has 1 amide bonds. The Bertz CT molecular complexity index is 667. The molecule has 0 aromatic heterocycles. The SMILES string of the molecule is CC(C)(C)c1ccc(CCC(=O)Nc2cc(Cl)cc(Cl)c2)cc1. The van der Waals surface area contributed by atoms with Crippen LogP contribution in [-0.4, -0.2) is 5.91 Å². The zero-order valence-electron chi connectivity index (χ0n) is 13.6. The fraction of sp³-hybridized carbons (Fsp3) is 0.316. The van der Waals surface area contributed by atoms with Gasteiger partial charge in [0.2, 0.25) is 5.91 Å². The van der Waals surface area contributed by atoms with Gasteiger partial charge in [-0.1, -0.05) is 68.2 Å². The Morgan fingerprint density at radius 1 is 1.00 bits per heavy atom. The van der Waals surface area contributed by atoms with Crippen LogP contribution in [0.2, 0.25) is 10.0 Å². The van der Waals surface area contributed by atoms with Gasteiger partial charge < -0.3 is 5.32 Å². The van der Waals surface area contributed by atoms with Gasteiger partial charge in [-0.15, -0.1) is 0 Å². The summed E-state index contributed by atoms with van der Waals surface area (Å²) in [5, 5.41) is 3.83. The Morgan fingerprint density at radius 3 is 2.09 bits per heavy atom. The fourth-order valence-corrected chi connectivity index (χ4v) is 2.80. The van der Waals surface area contributed by atoms with E-state index in [0.29, 0.717) is 28.6 Å². The van der Waals surface area contributed by atoms with E-state index in [1.54, 1.807) is 18.2 Å². The highest BCUT2D eigenvalue weighted by Crippen LogP contribution is 2.24. The van der Waals surface area contributed by atoms with E-state index in [0.717, 1.165) is 5.56 Å². The summed E-state index contributed by atoms with van der Waals surface area (Å²) in [6.45, 7) is 6.56. The van der Waals surface area contributed by atoms with Crippen LogP contribution in [-0.2, 0) is 16.6 Å². The monoisotopic (exact) mass is 349 g/mol. The fourth-order valence-electron chi connectivity index (χ4n) is 2.28. The van der Waals surface area contributed by atoms with Crippen LogP contribution in [0, 0.1) is 0 Å². The van der Waals surface area contributed by atoms with Crippen LogP contribution in [0.15, 0.2) is 42.5 Å². The van der Waals surface area contributed by atoms with Gasteiger partial charge in [0.05, 0.1) is 0 Å². The smallest absolute Gasteiger partial charge is 0.224 e. The van der Waals surface area contributed by atoms with Crippen LogP contribution < -0.4 is 5.32 Å². The number of aryl methyl sites for hydroxylation is 1. The molecule has 0 unspecified atom stereocenters. The molecule has 0 bridgehead atoms. The molecule has 0 aliphatic heterocycles. The largest absolute Gasteiger partial charge is 0.326 e. The molecule has 2 aromatic carbocycles. The van der Waals surface area contributed by atoms with Crippen molar-refractivity contribution >= 4 is 34.8 Å². The van der Waals surface area contributed by atoms with Crippen molar-refractivity contribution in [3.63, 3.8) is 0 Å². The normalized spacial score (nSPS) is 11.3. The molecule has 0 atom stereocenters. The van der Waals surface area contributed by atoms with Crippen LogP contribution in [0.25, 0.3) is 0 Å². The van der Waals surface area contributed by atoms with Crippen molar-refractivity contribution in [1.29, 1.82) is 0 Å². The van der Waals surface area contributed by atoms with E-state index in [1.165, 1.54) is 5.56 Å². The molecule has 0 fully saturated rings. The lowest BCUT2D eigenvalue weighted by molar-refractivity contribution is -0.116. The van der Waals surface area contributed by atoms with Gasteiger partial charge in [-0.25, -0.2) is 0 Å². The zero-order valence-corrected chi connectivity index (χ0v) is 15.1. The summed E-state index contributed by atoms with van der Waals surface area (Å²) in [6, 6.07) is 13.4. The van der Waals surface area contributed by atoms with Crippen molar-refractivity contribution in [3.05, 3.63) is 63.6 Å². The summed E-state index contributed by atoms with van der Waals surface area (Å²) < 4.78 is 0. The number of hydrogen-bond acceptors (Lipinski definition) is 1. The highest BCUT2D eigenvalue weighted by atomic mass is 35.5. The third-order valence-electron chi connectivity index (χ3n) is 3.61. The molecule has 2 nitrogen and oxygen atoms in total. The maximum Gasteiger partial charge on any atom is 0.224 e. The second-order valence-electron chi connectivity index (χ2n) is 6.65. The summed E-state index contributed by atoms with van der Waals surface area (Å²) in [4.78, 5) is 12.0. The van der Waals surface area contributed by atoms with Crippen molar-refractivity contribution in [3.8, 4) is 0 Å². The average molecular weight is 350 g/mol. The molecule has 0 spiro atoms. The summed E-state index contributed by atoms with van der Waals surface area (Å²) in [5.41, 5.74) is 3.20. The van der Waals surface area contributed by atoms with E-state index in [1.807, 2.05) is 0 Å². The zero-order chi connectivity index (χ0) is 17.0. The number of benzene rings is 2. The number of anilines is 1. The second-order valence-corrected chi connectivity index (χ2v) is 7.53. The molecular formula is C19H21Cl2NO. The van der Waals surface area contributed by atoms with E-state index < -0.39 is 0 Å². The topological polar surface area (TPSA) is 29.1 Å². The second kappa shape index (κ2) is 7.37. The van der Waals surface area contributed by atoms with Gasteiger partial charge in [-0.2, -0.15) is 0 Å². The number of halogens is 2. The third-order valence-corrected chi connectivity index (χ3v) is 4.04. The maximum absolute atomic E-state index is 12.0. The molecule has 0 saturated heterocycles. The van der Waals surface area contributed by atoms with E-state index in [2.05, 4.69) is 50.4 Å². The third kappa shape index (κ3) is 5.56. The van der Waals surface area contributed by atoms with Gasteiger partial charge in [-0.05, 0) is 41.2 Å². The van der Waals surface area contributed by atoms with Crippen LogP contribution in [0.3, 0.4) is 0 Å². The number of carbonyl (C=O) groups is 1. The van der Waals surface area contributed by atoms with E-state index in [4.69, 9.17) is 23.2 Å². The van der Waals surface area contributed by atoms with Gasteiger partial charge in [-0.3, -0.25) is 4.79 Å². The predicted octanol–water partition coefficient (Wildman–Crippen LogP) is 5.86. The van der Waals surface area contributed by atoms with Gasteiger partial charge in [0.1, 0.15) is 0 Å². The van der Waals surface area contributed by atoms with E-state index >= 15 is 0 Å². The van der Waals surface area contributed by atoms with Crippen molar-refractivity contribution in [2.24, 2.45) is 0 Å².